The molecule has 0 bridgehead atoms. The van der Waals surface area contributed by atoms with Crippen LogP contribution < -0.4 is 26.3 Å². The molecule has 4 rings (SSSR count). The molecule has 0 saturated heterocycles. The van der Waals surface area contributed by atoms with Gasteiger partial charge in [0.2, 0.25) is 5.91 Å². The number of nitrogens with one attached hydrogen (secondary N) is 2. The van der Waals surface area contributed by atoms with Crippen LogP contribution in [0.15, 0.2) is 73.0 Å². The highest BCUT2D eigenvalue weighted by Crippen LogP contribution is 2.38. The molecule has 0 spiro atoms. The number of benzene rings is 2. The number of hydrogen-bond donors (Lipinski definition) is 4. The average Bonchev–Trinajstić information content (AvgIpc) is 3.38. The van der Waals surface area contributed by atoms with Crippen LogP contribution in [0.2, 0.25) is 0 Å². The normalized spacial score (nSPS) is 18.4. The summed E-state index contributed by atoms with van der Waals surface area (Å²) in [7, 11) is 2.98. The zero-order valence-electron chi connectivity index (χ0n) is 23.4. The Labute approximate surface area is 238 Å². The summed E-state index contributed by atoms with van der Waals surface area (Å²) < 4.78 is 15.9. The third-order valence-electron chi connectivity index (χ3n) is 7.35. The number of alkyl carbamates (subject to hydrolysis) is 1. The molecule has 1 aliphatic carbocycles. The molecule has 0 aliphatic heterocycles. The lowest BCUT2D eigenvalue weighted by Gasteiger charge is -2.37. The number of para-hydroxylation sites is 2. The second kappa shape index (κ2) is 12.4. The maximum Gasteiger partial charge on any atom is 0.414 e. The monoisotopic (exact) mass is 560 g/mol. The molecule has 0 radical (unpaired) electrons. The van der Waals surface area contributed by atoms with Crippen molar-refractivity contribution in [3.05, 3.63) is 84.1 Å². The molecule has 3 aromatic rings. The van der Waals surface area contributed by atoms with Crippen LogP contribution in [0.3, 0.4) is 0 Å². The van der Waals surface area contributed by atoms with E-state index < -0.39 is 29.0 Å². The first kappa shape index (κ1) is 29.6. The van der Waals surface area contributed by atoms with Gasteiger partial charge >= 0.3 is 6.09 Å². The molecule has 2 unspecified atom stereocenters. The quantitative estimate of drug-likeness (QED) is 0.276. The van der Waals surface area contributed by atoms with E-state index in [1.807, 2.05) is 42.6 Å². The Hall–Kier alpha value is -4.41. The summed E-state index contributed by atoms with van der Waals surface area (Å²) in [6.07, 6.45) is 8.62. The molecule has 0 fully saturated rings. The van der Waals surface area contributed by atoms with Crippen molar-refractivity contribution in [1.82, 2.24) is 10.3 Å². The maximum absolute atomic E-state index is 13.9. The minimum atomic E-state index is -1.60. The predicted molar refractivity (Wildman–Crippen MR) is 155 cm³/mol. The highest BCUT2D eigenvalue weighted by atomic mass is 16.6. The SMILES string of the molecule is COc1cccc(COC(=O)NC(=O)C(C)(N)CC2(C(=O)[C@@H](N)Cc3c[nH]c4ccccc34)C=CC=CC2)c1OC. The zero-order valence-corrected chi connectivity index (χ0v) is 23.4. The molecule has 10 nitrogen and oxygen atoms in total. The third-order valence-corrected chi connectivity index (χ3v) is 7.35. The van der Waals surface area contributed by atoms with Crippen molar-refractivity contribution in [2.24, 2.45) is 16.9 Å². The number of Topliss-reactive ketones (excluding diaryl/α,β-unsaturated/α-hetero) is 1. The lowest BCUT2D eigenvalue weighted by Crippen LogP contribution is -2.58. The van der Waals surface area contributed by atoms with Crippen LogP contribution in [0.4, 0.5) is 4.79 Å². The van der Waals surface area contributed by atoms with Gasteiger partial charge in [0.05, 0.1) is 31.2 Å². The van der Waals surface area contributed by atoms with E-state index in [1.165, 1.54) is 21.1 Å². The molecule has 1 aromatic heterocycles. The van der Waals surface area contributed by atoms with E-state index in [1.54, 1.807) is 30.4 Å². The molecule has 1 aliphatic rings. The van der Waals surface area contributed by atoms with E-state index in [-0.39, 0.29) is 18.8 Å². The smallest absolute Gasteiger partial charge is 0.414 e. The second-order valence-corrected chi connectivity index (χ2v) is 10.5. The van der Waals surface area contributed by atoms with Gasteiger partial charge < -0.3 is 30.7 Å². The number of allylic oxidation sites excluding steroid dienone is 4. The topological polar surface area (TPSA) is 159 Å². The summed E-state index contributed by atoms with van der Waals surface area (Å²) in [5.41, 5.74) is 12.6. The van der Waals surface area contributed by atoms with Crippen molar-refractivity contribution in [2.45, 2.75) is 44.4 Å². The van der Waals surface area contributed by atoms with Gasteiger partial charge in [-0.1, -0.05) is 54.6 Å². The van der Waals surface area contributed by atoms with Crippen LogP contribution in [0.5, 0.6) is 11.5 Å². The van der Waals surface area contributed by atoms with Gasteiger partial charge in [-0.2, -0.15) is 0 Å². The van der Waals surface area contributed by atoms with Gasteiger partial charge in [-0.3, -0.25) is 14.9 Å². The Morgan fingerprint density at radius 1 is 1.07 bits per heavy atom. The standard InChI is InChI=1S/C31H36N4O6/c1-30(33,28(37)35-29(38)41-18-20-10-9-13-25(39-2)26(20)40-3)19-31(14-7-4-8-15-31)27(36)23(32)16-21-17-34-24-12-6-5-11-22(21)24/h4-14,17,23,34H,15-16,18-19,32-33H2,1-3H3,(H,35,37,38)/t23-,30?,31?/m0/s1. The van der Waals surface area contributed by atoms with Crippen LogP contribution in [-0.4, -0.2) is 48.6 Å². The number of fused-ring (bicyclic) bond motifs is 1. The number of aromatic amines is 1. The summed E-state index contributed by atoms with van der Waals surface area (Å²) in [4.78, 5) is 42.7. The van der Waals surface area contributed by atoms with E-state index in [0.29, 0.717) is 29.9 Å². The molecule has 6 N–H and O–H groups in total. The molecular formula is C31H36N4O6. The molecule has 41 heavy (non-hydrogen) atoms. The van der Waals surface area contributed by atoms with Crippen LogP contribution in [-0.2, 0) is 27.4 Å². The molecular weight excluding hydrogens is 524 g/mol. The van der Waals surface area contributed by atoms with Crippen molar-refractivity contribution in [3.63, 3.8) is 0 Å². The fourth-order valence-corrected chi connectivity index (χ4v) is 5.28. The number of ketones is 1. The molecule has 3 atom stereocenters. The minimum Gasteiger partial charge on any atom is -0.493 e. The summed E-state index contributed by atoms with van der Waals surface area (Å²) >= 11 is 0. The fraction of sp³-hybridized carbons (Fsp3) is 0.323. The maximum atomic E-state index is 13.9. The van der Waals surface area contributed by atoms with Crippen LogP contribution in [0.25, 0.3) is 10.9 Å². The average molecular weight is 561 g/mol. The Kier molecular flexibility index (Phi) is 8.95. The molecule has 0 saturated carbocycles. The lowest BCUT2D eigenvalue weighted by molar-refractivity contribution is -0.131. The fourth-order valence-electron chi connectivity index (χ4n) is 5.28. The molecule has 1 heterocycles. The number of amides is 2. The number of imide groups is 1. The molecule has 216 valence electrons. The summed E-state index contributed by atoms with van der Waals surface area (Å²) in [5, 5.41) is 3.20. The van der Waals surface area contributed by atoms with Gasteiger partial charge in [0.1, 0.15) is 6.61 Å². The van der Waals surface area contributed by atoms with Crippen LogP contribution in [0.1, 0.15) is 30.9 Å². The van der Waals surface area contributed by atoms with Crippen molar-refractivity contribution in [1.29, 1.82) is 0 Å². The van der Waals surface area contributed by atoms with Gasteiger partial charge in [0.25, 0.3) is 0 Å². The number of rotatable bonds is 11. The first-order valence-electron chi connectivity index (χ1n) is 13.3. The first-order valence-corrected chi connectivity index (χ1v) is 13.3. The summed E-state index contributed by atoms with van der Waals surface area (Å²) in [6.45, 7) is 1.31. The van der Waals surface area contributed by atoms with E-state index in [2.05, 4.69) is 10.3 Å². The summed E-state index contributed by atoms with van der Waals surface area (Å²) in [5.74, 6) is -0.118. The Balaban J connectivity index is 1.43. The van der Waals surface area contributed by atoms with Gasteiger partial charge in [-0.25, -0.2) is 4.79 Å². The highest BCUT2D eigenvalue weighted by molar-refractivity contribution is 5.99. The van der Waals surface area contributed by atoms with Gasteiger partial charge in [0, 0.05) is 22.7 Å². The summed E-state index contributed by atoms with van der Waals surface area (Å²) in [6, 6.07) is 12.1. The first-order chi connectivity index (χ1) is 19.6. The van der Waals surface area contributed by atoms with Crippen molar-refractivity contribution in [3.8, 4) is 11.5 Å². The number of ether oxygens (including phenoxy) is 3. The largest absolute Gasteiger partial charge is 0.493 e. The number of carbonyl (C=O) groups excluding carboxylic acids is 3. The van der Waals surface area contributed by atoms with Gasteiger partial charge in [0.15, 0.2) is 17.3 Å². The van der Waals surface area contributed by atoms with Gasteiger partial charge in [-0.15, -0.1) is 0 Å². The Morgan fingerprint density at radius 2 is 1.85 bits per heavy atom. The van der Waals surface area contributed by atoms with E-state index in [0.717, 1.165) is 16.5 Å². The van der Waals surface area contributed by atoms with E-state index in [9.17, 15) is 14.4 Å². The Bertz CT molecular complexity index is 1490. The van der Waals surface area contributed by atoms with Crippen molar-refractivity contribution >= 4 is 28.7 Å². The van der Waals surface area contributed by atoms with Crippen molar-refractivity contribution < 1.29 is 28.6 Å². The van der Waals surface area contributed by atoms with Crippen molar-refractivity contribution in [2.75, 3.05) is 14.2 Å². The number of H-pyrrole nitrogens is 1. The number of aromatic nitrogens is 1. The van der Waals surface area contributed by atoms with Crippen LogP contribution in [0, 0.1) is 5.41 Å². The van der Waals surface area contributed by atoms with Gasteiger partial charge in [-0.05, 0) is 43.9 Å². The lowest BCUT2D eigenvalue weighted by atomic mass is 9.67. The predicted octanol–water partition coefficient (Wildman–Crippen LogP) is 3.69. The minimum absolute atomic E-state index is 0.0654. The zero-order chi connectivity index (χ0) is 29.6. The van der Waals surface area contributed by atoms with E-state index in [4.69, 9.17) is 25.7 Å². The third kappa shape index (κ3) is 6.50. The number of carbonyl (C=O) groups is 3. The van der Waals surface area contributed by atoms with Crippen LogP contribution >= 0.6 is 0 Å². The Morgan fingerprint density at radius 3 is 2.56 bits per heavy atom. The molecule has 10 heteroatoms. The number of hydrogen-bond acceptors (Lipinski definition) is 8. The number of nitrogens with two attached hydrogens (primary N) is 2. The second-order valence-electron chi connectivity index (χ2n) is 10.5. The number of methoxy groups -OCH3 is 2. The highest BCUT2D eigenvalue weighted by Gasteiger charge is 2.46. The van der Waals surface area contributed by atoms with E-state index >= 15 is 0 Å². The molecule has 2 amide bonds. The molecule has 2 aromatic carbocycles.